The van der Waals surface area contributed by atoms with E-state index in [1.165, 1.54) is 24.3 Å². The van der Waals surface area contributed by atoms with Crippen LogP contribution >= 0.6 is 0 Å². The Morgan fingerprint density at radius 2 is 2.05 bits per heavy atom. The Morgan fingerprint density at radius 3 is 2.70 bits per heavy atom. The summed E-state index contributed by atoms with van der Waals surface area (Å²) in [6, 6.07) is 12.0. The maximum Gasteiger partial charge on any atom is 0.255 e. The monoisotopic (exact) mass is 270 g/mol. The maximum absolute atomic E-state index is 13.6. The van der Waals surface area contributed by atoms with Crippen LogP contribution in [0.3, 0.4) is 0 Å². The van der Waals surface area contributed by atoms with E-state index >= 15 is 0 Å². The second-order valence-corrected chi connectivity index (χ2v) is 4.12. The summed E-state index contributed by atoms with van der Waals surface area (Å²) in [5, 5.41) is 20.7. The van der Waals surface area contributed by atoms with E-state index in [1.54, 1.807) is 12.1 Å². The third kappa shape index (κ3) is 2.93. The number of halogens is 1. The first kappa shape index (κ1) is 13.6. The second kappa shape index (κ2) is 5.85. The highest BCUT2D eigenvalue weighted by atomic mass is 19.1. The molecule has 2 N–H and O–H groups in total. The molecule has 0 heterocycles. The Kier molecular flexibility index (Phi) is 3.96. The Balaban J connectivity index is 2.08. The van der Waals surface area contributed by atoms with Gasteiger partial charge < -0.3 is 10.4 Å². The highest BCUT2D eigenvalue weighted by Crippen LogP contribution is 2.16. The number of benzene rings is 2. The molecule has 100 valence electrons. The van der Waals surface area contributed by atoms with Gasteiger partial charge in [-0.15, -0.1) is 0 Å². The lowest BCUT2D eigenvalue weighted by atomic mass is 10.1. The largest absolute Gasteiger partial charge is 0.507 e. The van der Waals surface area contributed by atoms with Crippen molar-refractivity contribution in [3.05, 3.63) is 65.0 Å². The van der Waals surface area contributed by atoms with Gasteiger partial charge in [-0.05, 0) is 24.3 Å². The molecule has 2 aromatic rings. The lowest BCUT2D eigenvalue weighted by Crippen LogP contribution is -2.23. The van der Waals surface area contributed by atoms with Crippen LogP contribution in [-0.2, 0) is 6.54 Å². The summed E-state index contributed by atoms with van der Waals surface area (Å²) in [6.45, 7) is -0.0231. The lowest BCUT2D eigenvalue weighted by molar-refractivity contribution is 0.0948. The van der Waals surface area contributed by atoms with Gasteiger partial charge in [0, 0.05) is 12.1 Å². The predicted molar refractivity (Wildman–Crippen MR) is 70.4 cm³/mol. The summed E-state index contributed by atoms with van der Waals surface area (Å²) < 4.78 is 13.6. The van der Waals surface area contributed by atoms with Gasteiger partial charge in [-0.1, -0.05) is 18.2 Å². The Labute approximate surface area is 115 Å². The number of aromatic hydroxyl groups is 1. The first-order valence-electron chi connectivity index (χ1n) is 5.86. The van der Waals surface area contributed by atoms with Crippen molar-refractivity contribution in [3.8, 4) is 11.8 Å². The fourth-order valence-corrected chi connectivity index (χ4v) is 1.70. The van der Waals surface area contributed by atoms with Gasteiger partial charge in [0.25, 0.3) is 5.91 Å². The standard InChI is InChI=1S/C15H11FN2O2/c16-13-7-10(8-17)5-6-11(13)9-18-15(20)12-3-1-2-4-14(12)19/h1-7,19H,9H2,(H,18,20). The number of para-hydroxylation sites is 1. The van der Waals surface area contributed by atoms with Crippen LogP contribution in [0.25, 0.3) is 0 Å². The Bertz CT molecular complexity index is 693. The molecule has 5 heteroatoms. The molecule has 0 fully saturated rings. The first-order chi connectivity index (χ1) is 9.61. The third-order valence-corrected chi connectivity index (χ3v) is 2.77. The zero-order chi connectivity index (χ0) is 14.5. The molecular weight excluding hydrogens is 259 g/mol. The minimum absolute atomic E-state index is 0.0231. The van der Waals surface area contributed by atoms with E-state index in [-0.39, 0.29) is 29.0 Å². The van der Waals surface area contributed by atoms with Crippen molar-refractivity contribution in [2.75, 3.05) is 0 Å². The van der Waals surface area contributed by atoms with Crippen molar-refractivity contribution in [2.45, 2.75) is 6.54 Å². The number of phenolic OH excluding ortho intramolecular Hbond substituents is 1. The van der Waals surface area contributed by atoms with E-state index in [4.69, 9.17) is 5.26 Å². The number of nitrogens with zero attached hydrogens (tertiary/aromatic N) is 1. The Morgan fingerprint density at radius 1 is 1.30 bits per heavy atom. The number of amides is 1. The summed E-state index contributed by atoms with van der Waals surface area (Å²) in [5.41, 5.74) is 0.618. The van der Waals surface area contributed by atoms with Crippen LogP contribution < -0.4 is 5.32 Å². The average molecular weight is 270 g/mol. The summed E-state index contributed by atoms with van der Waals surface area (Å²) in [4.78, 5) is 11.8. The van der Waals surface area contributed by atoms with Crippen LogP contribution in [0.1, 0.15) is 21.5 Å². The minimum atomic E-state index is -0.554. The fraction of sp³-hybridized carbons (Fsp3) is 0.0667. The average Bonchev–Trinajstić information content (AvgIpc) is 2.46. The fourth-order valence-electron chi connectivity index (χ4n) is 1.70. The zero-order valence-electron chi connectivity index (χ0n) is 10.4. The van der Waals surface area contributed by atoms with Crippen molar-refractivity contribution < 1.29 is 14.3 Å². The normalized spacial score (nSPS) is 9.80. The molecule has 0 saturated carbocycles. The summed E-state index contributed by atoms with van der Waals surface area (Å²) in [5.74, 6) is -1.18. The van der Waals surface area contributed by atoms with Gasteiger partial charge in [0.1, 0.15) is 11.6 Å². The lowest BCUT2D eigenvalue weighted by Gasteiger charge is -2.07. The summed E-state index contributed by atoms with van der Waals surface area (Å²) >= 11 is 0. The molecule has 0 aliphatic rings. The number of carbonyl (C=O) groups is 1. The van der Waals surface area contributed by atoms with Crippen LogP contribution in [-0.4, -0.2) is 11.0 Å². The molecule has 0 unspecified atom stereocenters. The van der Waals surface area contributed by atoms with E-state index in [2.05, 4.69) is 5.32 Å². The Hall–Kier alpha value is -2.87. The number of rotatable bonds is 3. The predicted octanol–water partition coefficient (Wildman–Crippen LogP) is 2.33. The molecule has 1 amide bonds. The first-order valence-corrected chi connectivity index (χ1v) is 5.86. The van der Waals surface area contributed by atoms with Gasteiger partial charge >= 0.3 is 0 Å². The van der Waals surface area contributed by atoms with Crippen LogP contribution in [0.4, 0.5) is 4.39 Å². The van der Waals surface area contributed by atoms with E-state index in [9.17, 15) is 14.3 Å². The number of phenols is 1. The molecule has 0 spiro atoms. The highest BCUT2D eigenvalue weighted by Gasteiger charge is 2.11. The van der Waals surface area contributed by atoms with Crippen molar-refractivity contribution in [3.63, 3.8) is 0 Å². The van der Waals surface area contributed by atoms with Gasteiger partial charge in [-0.2, -0.15) is 5.26 Å². The molecule has 0 atom stereocenters. The molecule has 0 radical (unpaired) electrons. The van der Waals surface area contributed by atoms with Crippen LogP contribution in [0.5, 0.6) is 5.75 Å². The quantitative estimate of drug-likeness (QED) is 0.899. The summed E-state index contributed by atoms with van der Waals surface area (Å²) in [7, 11) is 0. The van der Waals surface area contributed by atoms with Crippen molar-refractivity contribution >= 4 is 5.91 Å². The number of nitriles is 1. The number of carbonyl (C=O) groups excluding carboxylic acids is 1. The highest BCUT2D eigenvalue weighted by molar-refractivity contribution is 5.96. The van der Waals surface area contributed by atoms with Crippen molar-refractivity contribution in [1.29, 1.82) is 5.26 Å². The van der Waals surface area contributed by atoms with E-state index in [1.807, 2.05) is 6.07 Å². The van der Waals surface area contributed by atoms with E-state index in [0.29, 0.717) is 0 Å². The van der Waals surface area contributed by atoms with Crippen LogP contribution in [0, 0.1) is 17.1 Å². The molecule has 2 rings (SSSR count). The molecular formula is C15H11FN2O2. The van der Waals surface area contributed by atoms with Crippen LogP contribution in [0.15, 0.2) is 42.5 Å². The molecule has 4 nitrogen and oxygen atoms in total. The minimum Gasteiger partial charge on any atom is -0.507 e. The topological polar surface area (TPSA) is 73.1 Å². The zero-order valence-corrected chi connectivity index (χ0v) is 10.4. The van der Waals surface area contributed by atoms with Gasteiger partial charge in [0.05, 0.1) is 17.2 Å². The third-order valence-electron chi connectivity index (χ3n) is 2.77. The van der Waals surface area contributed by atoms with Gasteiger partial charge in [0.2, 0.25) is 0 Å². The number of nitrogens with one attached hydrogen (secondary N) is 1. The molecule has 0 saturated heterocycles. The molecule has 0 aliphatic heterocycles. The number of hydrogen-bond acceptors (Lipinski definition) is 3. The SMILES string of the molecule is N#Cc1ccc(CNC(=O)c2ccccc2O)c(F)c1. The molecule has 0 aromatic heterocycles. The second-order valence-electron chi connectivity index (χ2n) is 4.12. The van der Waals surface area contributed by atoms with E-state index in [0.717, 1.165) is 6.07 Å². The van der Waals surface area contributed by atoms with E-state index < -0.39 is 11.7 Å². The van der Waals surface area contributed by atoms with Crippen molar-refractivity contribution in [2.24, 2.45) is 0 Å². The molecule has 2 aromatic carbocycles. The smallest absolute Gasteiger partial charge is 0.255 e. The van der Waals surface area contributed by atoms with Crippen molar-refractivity contribution in [1.82, 2.24) is 5.32 Å². The molecule has 0 aliphatic carbocycles. The molecule has 20 heavy (non-hydrogen) atoms. The number of hydrogen-bond donors (Lipinski definition) is 2. The molecule has 0 bridgehead atoms. The van der Waals surface area contributed by atoms with Gasteiger partial charge in [-0.25, -0.2) is 4.39 Å². The van der Waals surface area contributed by atoms with Gasteiger partial charge in [0.15, 0.2) is 0 Å². The maximum atomic E-state index is 13.6. The van der Waals surface area contributed by atoms with Crippen LogP contribution in [0.2, 0.25) is 0 Å². The van der Waals surface area contributed by atoms with Gasteiger partial charge in [-0.3, -0.25) is 4.79 Å². The summed E-state index contributed by atoms with van der Waals surface area (Å²) in [6.07, 6.45) is 0.